The molecule has 0 amide bonds. The number of anilines is 1. The molecule has 1 fully saturated rings. The summed E-state index contributed by atoms with van der Waals surface area (Å²) in [5.41, 5.74) is 17.8. The van der Waals surface area contributed by atoms with Gasteiger partial charge < -0.3 is 11.5 Å². The summed E-state index contributed by atoms with van der Waals surface area (Å²) in [7, 11) is 0. The quantitative estimate of drug-likeness (QED) is 0.560. The molecule has 1 aliphatic rings. The average molecular weight is 385 g/mol. The number of aromatic nitrogens is 4. The van der Waals surface area contributed by atoms with Gasteiger partial charge in [-0.3, -0.25) is 9.88 Å². The van der Waals surface area contributed by atoms with E-state index in [-0.39, 0.29) is 0 Å². The Labute approximate surface area is 169 Å². The molecule has 0 unspecified atom stereocenters. The van der Waals surface area contributed by atoms with Gasteiger partial charge in [-0.1, -0.05) is 30.3 Å². The number of nitrogen functional groups attached to an aromatic ring is 1. The van der Waals surface area contributed by atoms with Crippen molar-refractivity contribution in [3.63, 3.8) is 0 Å². The Morgan fingerprint density at radius 1 is 1.03 bits per heavy atom. The Morgan fingerprint density at radius 3 is 2.62 bits per heavy atom. The molecule has 4 N–H and O–H groups in total. The molecule has 4 heterocycles. The van der Waals surface area contributed by atoms with Gasteiger partial charge in [0.2, 0.25) is 0 Å². The monoisotopic (exact) mass is 385 g/mol. The molecule has 1 aromatic carbocycles. The summed E-state index contributed by atoms with van der Waals surface area (Å²) in [4.78, 5) is 11.4. The smallest absolute Gasteiger partial charge is 0.166 e. The highest BCUT2D eigenvalue weighted by molar-refractivity contribution is 5.84. The number of hydrogen-bond donors (Lipinski definition) is 2. The normalized spacial score (nSPS) is 17.2. The molecule has 7 nitrogen and oxygen atoms in total. The van der Waals surface area contributed by atoms with Crippen LogP contribution in [0.2, 0.25) is 0 Å². The van der Waals surface area contributed by atoms with Crippen molar-refractivity contribution in [1.29, 1.82) is 0 Å². The number of nitrogens with two attached hydrogens (primary N) is 2. The minimum absolute atomic E-state index is 0.310. The second kappa shape index (κ2) is 7.27. The van der Waals surface area contributed by atoms with Gasteiger partial charge in [0.15, 0.2) is 11.5 Å². The highest BCUT2D eigenvalue weighted by Gasteiger charge is 2.19. The molecule has 3 aromatic heterocycles. The van der Waals surface area contributed by atoms with Crippen molar-refractivity contribution in [2.45, 2.75) is 19.0 Å². The first kappa shape index (κ1) is 17.8. The predicted octanol–water partition coefficient (Wildman–Crippen LogP) is 2.57. The first-order valence-corrected chi connectivity index (χ1v) is 9.80. The van der Waals surface area contributed by atoms with Crippen molar-refractivity contribution in [1.82, 2.24) is 24.5 Å². The van der Waals surface area contributed by atoms with Crippen LogP contribution >= 0.6 is 0 Å². The lowest BCUT2D eigenvalue weighted by molar-refractivity contribution is 0.327. The lowest BCUT2D eigenvalue weighted by Crippen LogP contribution is -2.26. The fourth-order valence-corrected chi connectivity index (χ4v) is 3.92. The third kappa shape index (κ3) is 3.46. The van der Waals surface area contributed by atoms with Crippen molar-refractivity contribution in [3.8, 4) is 22.4 Å². The van der Waals surface area contributed by atoms with E-state index in [1.807, 2.05) is 30.6 Å². The maximum Gasteiger partial charge on any atom is 0.166 e. The summed E-state index contributed by atoms with van der Waals surface area (Å²) >= 11 is 0. The van der Waals surface area contributed by atoms with Crippen molar-refractivity contribution in [2.75, 3.05) is 18.8 Å². The zero-order chi connectivity index (χ0) is 19.8. The first-order chi connectivity index (χ1) is 14.2. The van der Waals surface area contributed by atoms with E-state index in [1.54, 1.807) is 10.7 Å². The lowest BCUT2D eigenvalue weighted by Gasteiger charge is -2.15. The molecule has 7 heteroatoms. The van der Waals surface area contributed by atoms with E-state index in [4.69, 9.17) is 11.5 Å². The van der Waals surface area contributed by atoms with E-state index in [0.717, 1.165) is 48.4 Å². The Bertz CT molecular complexity index is 1140. The van der Waals surface area contributed by atoms with Gasteiger partial charge in [-0.2, -0.15) is 0 Å². The van der Waals surface area contributed by atoms with Crippen LogP contribution in [-0.2, 0) is 6.54 Å². The molecular weight excluding hydrogens is 362 g/mol. The third-order valence-corrected chi connectivity index (χ3v) is 5.42. The molecule has 5 rings (SSSR count). The fourth-order valence-electron chi connectivity index (χ4n) is 3.92. The Morgan fingerprint density at radius 2 is 1.90 bits per heavy atom. The van der Waals surface area contributed by atoms with Crippen molar-refractivity contribution in [3.05, 3.63) is 66.6 Å². The molecule has 1 aliphatic heterocycles. The average Bonchev–Trinajstić information content (AvgIpc) is 3.30. The number of benzene rings is 1. The minimum atomic E-state index is 0.310. The SMILES string of the molecule is Nc1nn2cc(-c3ccc(CN4CC[C@@H](N)C4)cc3)cnc2c1-c1ccccn1. The van der Waals surface area contributed by atoms with Gasteiger partial charge in [-0.15, -0.1) is 5.10 Å². The highest BCUT2D eigenvalue weighted by atomic mass is 15.3. The van der Waals surface area contributed by atoms with E-state index in [9.17, 15) is 0 Å². The van der Waals surface area contributed by atoms with Crippen LogP contribution in [0, 0.1) is 0 Å². The van der Waals surface area contributed by atoms with Gasteiger partial charge in [0.1, 0.15) is 0 Å². The molecule has 0 saturated carbocycles. The van der Waals surface area contributed by atoms with E-state index in [1.165, 1.54) is 5.56 Å². The van der Waals surface area contributed by atoms with Crippen molar-refractivity contribution < 1.29 is 0 Å². The predicted molar refractivity (Wildman–Crippen MR) is 114 cm³/mol. The van der Waals surface area contributed by atoms with Crippen LogP contribution in [0.3, 0.4) is 0 Å². The van der Waals surface area contributed by atoms with Crippen LogP contribution in [0.4, 0.5) is 5.82 Å². The lowest BCUT2D eigenvalue weighted by atomic mass is 10.1. The van der Waals surface area contributed by atoms with Crippen LogP contribution in [0.25, 0.3) is 28.0 Å². The van der Waals surface area contributed by atoms with Crippen LogP contribution in [0.5, 0.6) is 0 Å². The molecule has 1 atom stereocenters. The van der Waals surface area contributed by atoms with Gasteiger partial charge in [-0.25, -0.2) is 9.50 Å². The Balaban J connectivity index is 1.42. The third-order valence-electron chi connectivity index (χ3n) is 5.42. The van der Waals surface area contributed by atoms with E-state index < -0.39 is 0 Å². The number of nitrogens with zero attached hydrogens (tertiary/aromatic N) is 5. The summed E-state index contributed by atoms with van der Waals surface area (Å²) in [6.07, 6.45) is 6.64. The van der Waals surface area contributed by atoms with Crippen LogP contribution in [0.15, 0.2) is 61.1 Å². The maximum atomic E-state index is 6.16. The summed E-state index contributed by atoms with van der Waals surface area (Å²) < 4.78 is 1.73. The molecule has 0 spiro atoms. The summed E-state index contributed by atoms with van der Waals surface area (Å²) in [6.45, 7) is 2.99. The number of hydrogen-bond acceptors (Lipinski definition) is 6. The number of rotatable bonds is 4. The fraction of sp³-hybridized carbons (Fsp3) is 0.227. The van der Waals surface area contributed by atoms with E-state index in [0.29, 0.717) is 17.5 Å². The zero-order valence-electron chi connectivity index (χ0n) is 16.1. The Kier molecular flexibility index (Phi) is 4.46. The molecular formula is C22H23N7. The maximum absolute atomic E-state index is 6.16. The van der Waals surface area contributed by atoms with Crippen LogP contribution < -0.4 is 11.5 Å². The second-order valence-corrected chi connectivity index (χ2v) is 7.57. The topological polar surface area (TPSA) is 98.4 Å². The van der Waals surface area contributed by atoms with Gasteiger partial charge in [0.05, 0.1) is 11.3 Å². The van der Waals surface area contributed by atoms with E-state index >= 15 is 0 Å². The molecule has 4 aromatic rings. The van der Waals surface area contributed by atoms with Gasteiger partial charge in [0, 0.05) is 49.8 Å². The van der Waals surface area contributed by atoms with Crippen LogP contribution in [-0.4, -0.2) is 43.6 Å². The number of likely N-dealkylation sites (tertiary alicyclic amines) is 1. The molecule has 0 aliphatic carbocycles. The molecule has 0 radical (unpaired) electrons. The molecule has 146 valence electrons. The van der Waals surface area contributed by atoms with Crippen molar-refractivity contribution >= 4 is 11.5 Å². The minimum Gasteiger partial charge on any atom is -0.382 e. The summed E-state index contributed by atoms with van der Waals surface area (Å²) in [5, 5.41) is 4.44. The highest BCUT2D eigenvalue weighted by Crippen LogP contribution is 2.29. The van der Waals surface area contributed by atoms with Crippen LogP contribution in [0.1, 0.15) is 12.0 Å². The van der Waals surface area contributed by atoms with Gasteiger partial charge >= 0.3 is 0 Å². The number of fused-ring (bicyclic) bond motifs is 1. The largest absolute Gasteiger partial charge is 0.382 e. The molecule has 1 saturated heterocycles. The van der Waals surface area contributed by atoms with Gasteiger partial charge in [0.25, 0.3) is 0 Å². The van der Waals surface area contributed by atoms with Gasteiger partial charge in [-0.05, 0) is 29.7 Å². The Hall–Kier alpha value is -3.29. The standard InChI is InChI=1S/C22H23N7/c23-18-8-10-28(14-18)12-15-4-6-16(7-5-15)17-11-26-22-20(19-3-1-2-9-25-19)21(24)27-29(22)13-17/h1-7,9,11,13,18H,8,10,12,14,23H2,(H2,24,27)/t18-/m1/s1. The zero-order valence-corrected chi connectivity index (χ0v) is 16.1. The number of pyridine rings is 1. The van der Waals surface area contributed by atoms with E-state index in [2.05, 4.69) is 44.2 Å². The van der Waals surface area contributed by atoms with Crippen molar-refractivity contribution in [2.24, 2.45) is 5.73 Å². The second-order valence-electron chi connectivity index (χ2n) is 7.57. The summed E-state index contributed by atoms with van der Waals surface area (Å²) in [6, 6.07) is 14.6. The molecule has 29 heavy (non-hydrogen) atoms. The first-order valence-electron chi connectivity index (χ1n) is 9.80. The summed E-state index contributed by atoms with van der Waals surface area (Å²) in [5.74, 6) is 0.424. The molecule has 0 bridgehead atoms.